The third-order valence-electron chi connectivity index (χ3n) is 5.94. The van der Waals surface area contributed by atoms with E-state index in [1.807, 2.05) is 6.92 Å². The molecule has 1 atom stereocenters. The smallest absolute Gasteiger partial charge is 0.289 e. The Morgan fingerprint density at radius 2 is 1.97 bits per heavy atom. The lowest BCUT2D eigenvalue weighted by Gasteiger charge is -2.30. The van der Waals surface area contributed by atoms with Crippen LogP contribution in [0.3, 0.4) is 0 Å². The third-order valence-corrected chi connectivity index (χ3v) is 5.94. The van der Waals surface area contributed by atoms with Gasteiger partial charge in [-0.15, -0.1) is 0 Å². The van der Waals surface area contributed by atoms with Crippen molar-refractivity contribution in [3.63, 3.8) is 0 Å². The zero-order valence-electron chi connectivity index (χ0n) is 19.5. The van der Waals surface area contributed by atoms with Gasteiger partial charge in [0.05, 0.1) is 24.1 Å². The minimum absolute atomic E-state index is 0.0592. The predicted octanol–water partition coefficient (Wildman–Crippen LogP) is 5.11. The number of aliphatic hydroxyl groups is 1. The van der Waals surface area contributed by atoms with Gasteiger partial charge in [0.15, 0.2) is 17.4 Å². The van der Waals surface area contributed by atoms with Crippen LogP contribution in [-0.2, 0) is 4.74 Å². The first-order valence-electron chi connectivity index (χ1n) is 11.2. The number of nitrogens with zero attached hydrogens (tertiary/aromatic N) is 3. The van der Waals surface area contributed by atoms with Crippen molar-refractivity contribution < 1.29 is 27.8 Å². The molecule has 2 aromatic heterocycles. The fraction of sp³-hybridized carbons (Fsp3) is 0.192. The van der Waals surface area contributed by atoms with Crippen LogP contribution in [0, 0.1) is 34.2 Å². The lowest BCUT2D eigenvalue weighted by molar-refractivity contribution is 0.0706. The van der Waals surface area contributed by atoms with Crippen LogP contribution in [-0.4, -0.2) is 40.9 Å². The Morgan fingerprint density at radius 3 is 2.62 bits per heavy atom. The first kappa shape index (κ1) is 24.1. The summed E-state index contributed by atoms with van der Waals surface area (Å²) >= 11 is 0. The number of anilines is 1. The molecule has 188 valence electrons. The van der Waals surface area contributed by atoms with Crippen LogP contribution >= 0.6 is 0 Å². The van der Waals surface area contributed by atoms with Gasteiger partial charge in [-0.1, -0.05) is 13.0 Å². The van der Waals surface area contributed by atoms with Crippen LogP contribution in [0.2, 0.25) is 0 Å². The first-order valence-corrected chi connectivity index (χ1v) is 11.2. The molecule has 0 aliphatic carbocycles. The standard InChI is InChI=1S/C26H20F3N5O3/c1-26(12-35)11-33-25(36-13-26)34-16-7-19(28)23(20(29)8-16)37-21-4-5-31-24-22(21)17(10-32-24)14-2-3-15(9-30)18(27)6-14/h2-8,10,35H,11-13H2,1H3,(H,31,32)(H,33,34)/t26-/m1/s1. The van der Waals surface area contributed by atoms with Gasteiger partial charge in [-0.2, -0.15) is 5.26 Å². The molecule has 1 aliphatic heterocycles. The Kier molecular flexibility index (Phi) is 6.19. The summed E-state index contributed by atoms with van der Waals surface area (Å²) in [6, 6.07) is 9.46. The number of amidine groups is 1. The number of nitriles is 1. The van der Waals surface area contributed by atoms with Crippen LogP contribution in [0.25, 0.3) is 22.2 Å². The van der Waals surface area contributed by atoms with Crippen LogP contribution in [0.1, 0.15) is 12.5 Å². The SMILES string of the molecule is C[C@]1(CO)CN=C(Nc2cc(F)c(Oc3ccnc4[nH]cc(-c5ccc(C#N)c(F)c5)c34)c(F)c2)OC1. The molecule has 3 N–H and O–H groups in total. The maximum atomic E-state index is 15.0. The van der Waals surface area contributed by atoms with Gasteiger partial charge in [0.2, 0.25) is 0 Å². The van der Waals surface area contributed by atoms with Crippen LogP contribution in [0.15, 0.2) is 53.8 Å². The van der Waals surface area contributed by atoms with Crippen molar-refractivity contribution in [2.45, 2.75) is 6.92 Å². The molecule has 0 bridgehead atoms. The second-order valence-electron chi connectivity index (χ2n) is 8.92. The molecule has 37 heavy (non-hydrogen) atoms. The summed E-state index contributed by atoms with van der Waals surface area (Å²) in [5.41, 5.74) is 0.691. The number of aliphatic hydroxyl groups excluding tert-OH is 1. The van der Waals surface area contributed by atoms with Gasteiger partial charge in [-0.3, -0.25) is 0 Å². The van der Waals surface area contributed by atoms with E-state index in [0.29, 0.717) is 22.2 Å². The number of aromatic amines is 1. The molecular formula is C26H20F3N5O3. The molecular weight excluding hydrogens is 487 g/mol. The Morgan fingerprint density at radius 1 is 1.19 bits per heavy atom. The number of hydrogen-bond acceptors (Lipinski definition) is 7. The van der Waals surface area contributed by atoms with Gasteiger partial charge in [-0.25, -0.2) is 23.1 Å². The topological polar surface area (TPSA) is 116 Å². The molecule has 2 aromatic carbocycles. The summed E-state index contributed by atoms with van der Waals surface area (Å²) in [6.07, 6.45) is 2.97. The first-order chi connectivity index (χ1) is 17.8. The second kappa shape index (κ2) is 9.48. The molecule has 3 heterocycles. The Hall–Kier alpha value is -4.56. The summed E-state index contributed by atoms with van der Waals surface area (Å²) in [4.78, 5) is 11.3. The van der Waals surface area contributed by atoms with Gasteiger partial charge in [0.25, 0.3) is 6.02 Å². The summed E-state index contributed by atoms with van der Waals surface area (Å²) in [7, 11) is 0. The van der Waals surface area contributed by atoms with Crippen LogP contribution < -0.4 is 10.1 Å². The largest absolute Gasteiger partial charge is 0.464 e. The number of aromatic nitrogens is 2. The van der Waals surface area contributed by atoms with Crippen molar-refractivity contribution >= 4 is 22.7 Å². The van der Waals surface area contributed by atoms with E-state index in [2.05, 4.69) is 20.3 Å². The summed E-state index contributed by atoms with van der Waals surface area (Å²) < 4.78 is 55.4. The lowest BCUT2D eigenvalue weighted by Crippen LogP contribution is -2.38. The van der Waals surface area contributed by atoms with Gasteiger partial charge >= 0.3 is 0 Å². The fourth-order valence-corrected chi connectivity index (χ4v) is 3.84. The average Bonchev–Trinajstić information content (AvgIpc) is 3.33. The summed E-state index contributed by atoms with van der Waals surface area (Å²) in [5, 5.41) is 21.5. The van der Waals surface area contributed by atoms with Gasteiger partial charge in [-0.05, 0) is 23.8 Å². The highest BCUT2D eigenvalue weighted by atomic mass is 19.1. The van der Waals surface area contributed by atoms with Gasteiger partial charge in [0, 0.05) is 41.2 Å². The van der Waals surface area contributed by atoms with Crippen molar-refractivity contribution in [3.8, 4) is 28.7 Å². The molecule has 0 amide bonds. The molecule has 8 nitrogen and oxygen atoms in total. The van der Waals surface area contributed by atoms with Crippen molar-refractivity contribution in [1.82, 2.24) is 9.97 Å². The van der Waals surface area contributed by atoms with Gasteiger partial charge in [0.1, 0.15) is 29.9 Å². The lowest BCUT2D eigenvalue weighted by atomic mass is 9.93. The molecule has 0 unspecified atom stereocenters. The van der Waals surface area contributed by atoms with E-state index >= 15 is 0 Å². The molecule has 1 aliphatic rings. The quantitative estimate of drug-likeness (QED) is 0.346. The monoisotopic (exact) mass is 507 g/mol. The normalized spacial score (nSPS) is 17.1. The fourth-order valence-electron chi connectivity index (χ4n) is 3.84. The highest BCUT2D eigenvalue weighted by Gasteiger charge is 2.29. The molecule has 0 saturated heterocycles. The molecule has 0 fully saturated rings. The zero-order chi connectivity index (χ0) is 26.2. The molecule has 0 spiro atoms. The van der Waals surface area contributed by atoms with E-state index in [0.717, 1.165) is 12.1 Å². The molecule has 0 radical (unpaired) electrons. The van der Waals surface area contributed by atoms with Crippen LogP contribution in [0.5, 0.6) is 11.5 Å². The number of fused-ring (bicyclic) bond motifs is 1. The van der Waals surface area contributed by atoms with Crippen molar-refractivity contribution in [1.29, 1.82) is 5.26 Å². The number of rotatable bonds is 5. The highest BCUT2D eigenvalue weighted by molar-refractivity contribution is 5.98. The summed E-state index contributed by atoms with van der Waals surface area (Å²) in [5.74, 6) is -3.21. The number of nitrogens with one attached hydrogen (secondary N) is 2. The maximum absolute atomic E-state index is 15.0. The Bertz CT molecular complexity index is 1560. The van der Waals surface area contributed by atoms with E-state index in [1.54, 1.807) is 18.3 Å². The van der Waals surface area contributed by atoms with E-state index < -0.39 is 28.6 Å². The maximum Gasteiger partial charge on any atom is 0.289 e. The predicted molar refractivity (Wildman–Crippen MR) is 130 cm³/mol. The highest BCUT2D eigenvalue weighted by Crippen LogP contribution is 2.39. The number of hydrogen-bond donors (Lipinski definition) is 3. The van der Waals surface area contributed by atoms with Gasteiger partial charge < -0.3 is 24.9 Å². The third kappa shape index (κ3) is 4.66. The number of H-pyrrole nitrogens is 1. The van der Waals surface area contributed by atoms with E-state index in [4.69, 9.17) is 14.7 Å². The summed E-state index contributed by atoms with van der Waals surface area (Å²) in [6.45, 7) is 2.19. The van der Waals surface area contributed by atoms with E-state index in [9.17, 15) is 18.3 Å². The van der Waals surface area contributed by atoms with Crippen molar-refractivity contribution in [3.05, 3.63) is 71.8 Å². The average molecular weight is 507 g/mol. The Labute approximate surface area is 209 Å². The molecule has 0 saturated carbocycles. The number of ether oxygens (including phenoxy) is 2. The molecule has 5 rings (SSSR count). The minimum Gasteiger partial charge on any atom is -0.464 e. The van der Waals surface area contributed by atoms with Crippen molar-refractivity contribution in [2.75, 3.05) is 25.1 Å². The van der Waals surface area contributed by atoms with Crippen LogP contribution in [0.4, 0.5) is 18.9 Å². The number of pyridine rings is 1. The van der Waals surface area contributed by atoms with Crippen molar-refractivity contribution in [2.24, 2.45) is 10.4 Å². The molecule has 11 heteroatoms. The number of halogens is 3. The molecule has 4 aromatic rings. The second-order valence-corrected chi connectivity index (χ2v) is 8.92. The zero-order valence-corrected chi connectivity index (χ0v) is 19.5. The van der Waals surface area contributed by atoms with E-state index in [-0.39, 0.29) is 42.8 Å². The number of benzene rings is 2. The minimum atomic E-state index is -0.981. The van der Waals surface area contributed by atoms with E-state index in [1.165, 1.54) is 24.4 Å². The number of aliphatic imine (C=N–C) groups is 1. The Balaban J connectivity index is 1.45.